The van der Waals surface area contributed by atoms with Crippen molar-refractivity contribution in [1.29, 1.82) is 0 Å². The van der Waals surface area contributed by atoms with Crippen molar-refractivity contribution in [3.8, 4) is 11.5 Å². The number of carbonyl (C=O) groups excluding carboxylic acids is 1. The van der Waals surface area contributed by atoms with Gasteiger partial charge in [0.05, 0.1) is 13.7 Å². The summed E-state index contributed by atoms with van der Waals surface area (Å²) in [6, 6.07) is 5.92. The monoisotopic (exact) mass is 292 g/mol. The molecule has 1 aliphatic heterocycles. The average molecular weight is 292 g/mol. The summed E-state index contributed by atoms with van der Waals surface area (Å²) in [6.07, 6.45) is 3.81. The molecular weight excluding hydrogens is 268 g/mol. The molecule has 1 heterocycles. The molecule has 1 amide bonds. The number of hydrogen-bond acceptors (Lipinski definition) is 4. The van der Waals surface area contributed by atoms with E-state index in [4.69, 9.17) is 9.47 Å². The number of nitrogens with one attached hydrogen (secondary N) is 2. The Bertz CT molecular complexity index is 471. The van der Waals surface area contributed by atoms with Crippen LogP contribution in [0.2, 0.25) is 0 Å². The Morgan fingerprint density at radius 3 is 2.95 bits per heavy atom. The maximum atomic E-state index is 12.0. The lowest BCUT2D eigenvalue weighted by atomic mass is 10.1. The third-order valence-corrected chi connectivity index (χ3v) is 3.63. The highest BCUT2D eigenvalue weighted by Gasteiger charge is 2.15. The number of rotatable bonds is 7. The Balaban J connectivity index is 1.88. The highest BCUT2D eigenvalue weighted by molar-refractivity contribution is 5.91. The summed E-state index contributed by atoms with van der Waals surface area (Å²) in [5.41, 5.74) is 0.739. The molecule has 1 aromatic carbocycles. The second-order valence-electron chi connectivity index (χ2n) is 5.18. The Hall–Kier alpha value is -1.75. The Morgan fingerprint density at radius 2 is 2.29 bits per heavy atom. The fraction of sp³-hybridized carbons (Fsp3) is 0.562. The number of anilines is 1. The van der Waals surface area contributed by atoms with Crippen LogP contribution in [0.25, 0.3) is 0 Å². The SMILES string of the molecule is CCOc1cc(NC(=O)CCC2CCCN2)ccc1OC. The third-order valence-electron chi connectivity index (χ3n) is 3.63. The molecule has 5 nitrogen and oxygen atoms in total. The van der Waals surface area contributed by atoms with Gasteiger partial charge in [0.1, 0.15) is 0 Å². The molecular formula is C16H24N2O3. The fourth-order valence-electron chi connectivity index (χ4n) is 2.55. The topological polar surface area (TPSA) is 59.6 Å². The van der Waals surface area contributed by atoms with E-state index in [2.05, 4.69) is 10.6 Å². The summed E-state index contributed by atoms with van der Waals surface area (Å²) in [7, 11) is 1.60. The predicted octanol–water partition coefficient (Wildman–Crippen LogP) is 2.56. The van der Waals surface area contributed by atoms with E-state index in [1.54, 1.807) is 19.2 Å². The summed E-state index contributed by atoms with van der Waals surface area (Å²) >= 11 is 0. The lowest BCUT2D eigenvalue weighted by molar-refractivity contribution is -0.116. The standard InChI is InChI=1S/C16H24N2O3/c1-3-21-15-11-13(6-8-14(15)20-2)18-16(19)9-7-12-5-4-10-17-12/h6,8,11-12,17H,3-5,7,9-10H2,1-2H3,(H,18,19). The molecule has 1 aromatic rings. The Labute approximate surface area is 126 Å². The van der Waals surface area contributed by atoms with Crippen LogP contribution in [0.5, 0.6) is 11.5 Å². The molecule has 0 spiro atoms. The van der Waals surface area contributed by atoms with E-state index in [0.29, 0.717) is 30.6 Å². The summed E-state index contributed by atoms with van der Waals surface area (Å²) in [5.74, 6) is 1.36. The van der Waals surface area contributed by atoms with Crippen LogP contribution in [0.3, 0.4) is 0 Å². The van der Waals surface area contributed by atoms with Crippen LogP contribution < -0.4 is 20.1 Å². The van der Waals surface area contributed by atoms with Crippen LogP contribution >= 0.6 is 0 Å². The van der Waals surface area contributed by atoms with Crippen LogP contribution in [0, 0.1) is 0 Å². The smallest absolute Gasteiger partial charge is 0.224 e. The van der Waals surface area contributed by atoms with E-state index in [9.17, 15) is 4.79 Å². The van der Waals surface area contributed by atoms with E-state index >= 15 is 0 Å². The van der Waals surface area contributed by atoms with E-state index in [-0.39, 0.29) is 5.91 Å². The maximum Gasteiger partial charge on any atom is 0.224 e. The molecule has 5 heteroatoms. The molecule has 1 fully saturated rings. The van der Waals surface area contributed by atoms with Crippen LogP contribution in [0.4, 0.5) is 5.69 Å². The number of carbonyl (C=O) groups is 1. The summed E-state index contributed by atoms with van der Waals surface area (Å²) in [4.78, 5) is 12.0. The van der Waals surface area contributed by atoms with Gasteiger partial charge in [0.25, 0.3) is 0 Å². The lowest BCUT2D eigenvalue weighted by Gasteiger charge is -2.13. The van der Waals surface area contributed by atoms with Gasteiger partial charge in [0.15, 0.2) is 11.5 Å². The molecule has 0 bridgehead atoms. The first kappa shape index (κ1) is 15.6. The zero-order valence-corrected chi connectivity index (χ0v) is 12.8. The van der Waals surface area contributed by atoms with Crippen molar-refractivity contribution < 1.29 is 14.3 Å². The Kier molecular flexibility index (Phi) is 5.87. The quantitative estimate of drug-likeness (QED) is 0.811. The minimum Gasteiger partial charge on any atom is -0.493 e. The van der Waals surface area contributed by atoms with Gasteiger partial charge < -0.3 is 20.1 Å². The van der Waals surface area contributed by atoms with Crippen LogP contribution in [-0.4, -0.2) is 32.2 Å². The molecule has 1 saturated heterocycles. The molecule has 2 N–H and O–H groups in total. The van der Waals surface area contributed by atoms with Gasteiger partial charge in [-0.25, -0.2) is 0 Å². The largest absolute Gasteiger partial charge is 0.493 e. The van der Waals surface area contributed by atoms with E-state index in [1.165, 1.54) is 12.8 Å². The minimum atomic E-state index is 0.0383. The van der Waals surface area contributed by atoms with E-state index < -0.39 is 0 Å². The van der Waals surface area contributed by atoms with Crippen molar-refractivity contribution in [1.82, 2.24) is 5.32 Å². The molecule has 2 rings (SSSR count). The lowest BCUT2D eigenvalue weighted by Crippen LogP contribution is -2.23. The van der Waals surface area contributed by atoms with Gasteiger partial charge >= 0.3 is 0 Å². The van der Waals surface area contributed by atoms with Crippen LogP contribution in [0.15, 0.2) is 18.2 Å². The van der Waals surface area contributed by atoms with Gasteiger partial charge in [-0.1, -0.05) is 0 Å². The molecule has 0 radical (unpaired) electrons. The number of benzene rings is 1. The highest BCUT2D eigenvalue weighted by Crippen LogP contribution is 2.30. The Morgan fingerprint density at radius 1 is 1.43 bits per heavy atom. The number of methoxy groups -OCH3 is 1. The van der Waals surface area contributed by atoms with E-state index in [0.717, 1.165) is 18.7 Å². The van der Waals surface area contributed by atoms with Gasteiger partial charge in [-0.15, -0.1) is 0 Å². The zero-order valence-electron chi connectivity index (χ0n) is 12.8. The third kappa shape index (κ3) is 4.63. The van der Waals surface area contributed by atoms with Gasteiger partial charge in [-0.3, -0.25) is 4.79 Å². The molecule has 1 aliphatic rings. The predicted molar refractivity (Wildman–Crippen MR) is 83.1 cm³/mol. The van der Waals surface area contributed by atoms with Crippen LogP contribution in [-0.2, 0) is 4.79 Å². The maximum absolute atomic E-state index is 12.0. The number of amides is 1. The number of hydrogen-bond donors (Lipinski definition) is 2. The van der Waals surface area contributed by atoms with E-state index in [1.807, 2.05) is 13.0 Å². The first-order valence-corrected chi connectivity index (χ1v) is 7.57. The normalized spacial score (nSPS) is 17.5. The average Bonchev–Trinajstić information content (AvgIpc) is 2.99. The zero-order chi connectivity index (χ0) is 15.1. The van der Waals surface area contributed by atoms with Gasteiger partial charge in [0, 0.05) is 24.2 Å². The summed E-state index contributed by atoms with van der Waals surface area (Å²) in [6.45, 7) is 3.54. The summed E-state index contributed by atoms with van der Waals surface area (Å²) in [5, 5.41) is 6.31. The minimum absolute atomic E-state index is 0.0383. The first-order chi connectivity index (χ1) is 10.2. The van der Waals surface area contributed by atoms with Gasteiger partial charge in [0.2, 0.25) is 5.91 Å². The molecule has 116 valence electrons. The molecule has 0 aliphatic carbocycles. The molecule has 0 saturated carbocycles. The highest BCUT2D eigenvalue weighted by atomic mass is 16.5. The van der Waals surface area contributed by atoms with Crippen molar-refractivity contribution in [3.05, 3.63) is 18.2 Å². The summed E-state index contributed by atoms with van der Waals surface area (Å²) < 4.78 is 10.7. The number of ether oxygens (including phenoxy) is 2. The van der Waals surface area contributed by atoms with Crippen molar-refractivity contribution in [3.63, 3.8) is 0 Å². The van der Waals surface area contributed by atoms with Crippen molar-refractivity contribution in [2.24, 2.45) is 0 Å². The van der Waals surface area contributed by atoms with Gasteiger partial charge in [-0.05, 0) is 44.9 Å². The van der Waals surface area contributed by atoms with Gasteiger partial charge in [-0.2, -0.15) is 0 Å². The fourth-order valence-corrected chi connectivity index (χ4v) is 2.55. The molecule has 1 atom stereocenters. The second kappa shape index (κ2) is 7.88. The molecule has 0 aromatic heterocycles. The van der Waals surface area contributed by atoms with Crippen molar-refractivity contribution >= 4 is 11.6 Å². The first-order valence-electron chi connectivity index (χ1n) is 7.57. The van der Waals surface area contributed by atoms with Crippen molar-refractivity contribution in [2.45, 2.75) is 38.6 Å². The van der Waals surface area contributed by atoms with Crippen LogP contribution in [0.1, 0.15) is 32.6 Å². The second-order valence-corrected chi connectivity index (χ2v) is 5.18. The molecule has 1 unspecified atom stereocenters. The van der Waals surface area contributed by atoms with Crippen molar-refractivity contribution in [2.75, 3.05) is 25.6 Å². The molecule has 21 heavy (non-hydrogen) atoms.